The van der Waals surface area contributed by atoms with E-state index < -0.39 is 34.1 Å². The van der Waals surface area contributed by atoms with E-state index in [1.807, 2.05) is 0 Å². The lowest BCUT2D eigenvalue weighted by atomic mass is 9.60. The molecule has 3 fully saturated rings. The van der Waals surface area contributed by atoms with Crippen LogP contribution in [0.1, 0.15) is 45.1 Å². The Labute approximate surface area is 247 Å². The SMILES string of the molecule is CC/C(=C\c1ccccc1)[C@H]1C[C@@H]1NC1CC2(C1)CN(CC(C)CS(C)(=O)=O)C2.O=C(O)C(F)(F)F.O=C(O)C(F)(F)F. The number of hydrogen-bond acceptors (Lipinski definition) is 6. The summed E-state index contributed by atoms with van der Waals surface area (Å²) < 4.78 is 86.4. The molecule has 1 heterocycles. The van der Waals surface area contributed by atoms with Gasteiger partial charge in [0, 0.05) is 38.0 Å². The van der Waals surface area contributed by atoms with Crippen LogP contribution in [0.4, 0.5) is 26.3 Å². The van der Waals surface area contributed by atoms with Gasteiger partial charge in [-0.2, -0.15) is 26.3 Å². The fourth-order valence-electron chi connectivity index (χ4n) is 5.73. The van der Waals surface area contributed by atoms with Crippen LogP contribution in [0.2, 0.25) is 0 Å². The van der Waals surface area contributed by atoms with Crippen molar-refractivity contribution < 1.29 is 54.6 Å². The van der Waals surface area contributed by atoms with Crippen LogP contribution in [-0.2, 0) is 19.4 Å². The minimum absolute atomic E-state index is 0.229. The summed E-state index contributed by atoms with van der Waals surface area (Å²) >= 11 is 0. The number of sulfone groups is 1. The molecule has 4 rings (SSSR count). The van der Waals surface area contributed by atoms with Gasteiger partial charge in [0.25, 0.3) is 0 Å². The van der Waals surface area contributed by atoms with E-state index in [4.69, 9.17) is 19.8 Å². The van der Waals surface area contributed by atoms with Crippen LogP contribution >= 0.6 is 0 Å². The van der Waals surface area contributed by atoms with Crippen molar-refractivity contribution in [3.63, 3.8) is 0 Å². The van der Waals surface area contributed by atoms with Crippen LogP contribution in [0, 0.1) is 17.3 Å². The molecule has 3 atom stereocenters. The minimum atomic E-state index is -5.08. The van der Waals surface area contributed by atoms with Crippen LogP contribution in [0.5, 0.6) is 0 Å². The summed E-state index contributed by atoms with van der Waals surface area (Å²) in [5, 5.41) is 18.2. The molecule has 1 aromatic rings. The standard InChI is InChI=1S/C24H36N2O2S.2C2HF3O2/c1-4-20(10-19-8-6-5-7-9-19)22-11-23(22)25-21-12-24(13-21)16-26(17-24)14-18(2)15-29(3,27)28;2*3-2(4,5)1(6)7/h5-10,18,21-23,25H,4,11-17H2,1-3H3;2*(H,6,7)/b20-10+;;/t18?,22-,23+;;/m1../s1. The molecular formula is C28H38F6N2O6S. The van der Waals surface area contributed by atoms with Crippen molar-refractivity contribution in [3.05, 3.63) is 41.5 Å². The van der Waals surface area contributed by atoms with E-state index in [1.54, 1.807) is 5.57 Å². The summed E-state index contributed by atoms with van der Waals surface area (Å²) in [6.07, 6.45) is -1.45. The Kier molecular flexibility index (Phi) is 12.3. The third-order valence-corrected chi connectivity index (χ3v) is 8.57. The van der Waals surface area contributed by atoms with Crippen LogP contribution in [0.15, 0.2) is 35.9 Å². The monoisotopic (exact) mass is 644 g/mol. The Morgan fingerprint density at radius 2 is 1.53 bits per heavy atom. The highest BCUT2D eigenvalue weighted by Gasteiger charge is 2.54. The first-order valence-electron chi connectivity index (χ1n) is 13.7. The van der Waals surface area contributed by atoms with E-state index in [0.29, 0.717) is 29.2 Å². The quantitative estimate of drug-likeness (QED) is 0.326. The number of benzene rings is 1. The van der Waals surface area contributed by atoms with Gasteiger partial charge in [0.05, 0.1) is 5.75 Å². The van der Waals surface area contributed by atoms with Gasteiger partial charge in [0.1, 0.15) is 9.84 Å². The number of alkyl halides is 6. The average Bonchev–Trinajstić information content (AvgIpc) is 3.58. The molecule has 1 aliphatic heterocycles. The van der Waals surface area contributed by atoms with Crippen molar-refractivity contribution in [1.29, 1.82) is 0 Å². The van der Waals surface area contributed by atoms with Gasteiger partial charge in [-0.1, -0.05) is 55.8 Å². The topological polar surface area (TPSA) is 124 Å². The van der Waals surface area contributed by atoms with Gasteiger partial charge >= 0.3 is 24.3 Å². The number of halogens is 6. The highest BCUT2D eigenvalue weighted by molar-refractivity contribution is 7.90. The number of nitrogens with one attached hydrogen (secondary N) is 1. The summed E-state index contributed by atoms with van der Waals surface area (Å²) in [4.78, 5) is 20.2. The fraction of sp³-hybridized carbons (Fsp3) is 0.643. The molecule has 0 bridgehead atoms. The second-order valence-electron chi connectivity index (χ2n) is 11.7. The zero-order chi connectivity index (χ0) is 32.8. The van der Waals surface area contributed by atoms with E-state index in [-0.39, 0.29) is 5.92 Å². The van der Waals surface area contributed by atoms with E-state index >= 15 is 0 Å². The number of rotatable bonds is 9. The lowest BCUT2D eigenvalue weighted by Gasteiger charge is -2.60. The first kappa shape index (κ1) is 36.5. The number of carbonyl (C=O) groups is 2. The van der Waals surface area contributed by atoms with Crippen molar-refractivity contribution in [2.75, 3.05) is 31.6 Å². The Bertz CT molecular complexity index is 1200. The highest BCUT2D eigenvalue weighted by atomic mass is 32.2. The summed E-state index contributed by atoms with van der Waals surface area (Å²) in [6, 6.07) is 12.0. The van der Waals surface area contributed by atoms with E-state index in [1.165, 1.54) is 31.1 Å². The van der Waals surface area contributed by atoms with Crippen LogP contribution in [-0.4, -0.2) is 91.5 Å². The predicted molar refractivity (Wildman–Crippen MR) is 148 cm³/mol. The summed E-state index contributed by atoms with van der Waals surface area (Å²) in [5.41, 5.74) is 3.41. The third-order valence-electron chi connectivity index (χ3n) is 7.40. The molecule has 3 aliphatic rings. The number of carboxylic acid groups (broad SMARTS) is 2. The zero-order valence-electron chi connectivity index (χ0n) is 24.1. The zero-order valence-corrected chi connectivity index (χ0v) is 24.9. The maximum absolute atomic E-state index is 11.4. The Balaban J connectivity index is 0.000000384. The minimum Gasteiger partial charge on any atom is -0.475 e. The molecule has 43 heavy (non-hydrogen) atoms. The molecule has 1 saturated heterocycles. The average molecular weight is 645 g/mol. The molecular weight excluding hydrogens is 606 g/mol. The van der Waals surface area contributed by atoms with Crippen molar-refractivity contribution in [2.45, 2.75) is 64.0 Å². The lowest BCUT2D eigenvalue weighted by molar-refractivity contribution is -0.193. The van der Waals surface area contributed by atoms with Crippen LogP contribution < -0.4 is 5.32 Å². The van der Waals surface area contributed by atoms with Gasteiger partial charge in [0.2, 0.25) is 0 Å². The van der Waals surface area contributed by atoms with Crippen molar-refractivity contribution in [3.8, 4) is 0 Å². The van der Waals surface area contributed by atoms with Crippen LogP contribution in [0.3, 0.4) is 0 Å². The molecule has 3 N–H and O–H groups in total. The first-order chi connectivity index (χ1) is 19.6. The van der Waals surface area contributed by atoms with Gasteiger partial charge in [-0.25, -0.2) is 18.0 Å². The van der Waals surface area contributed by atoms with Gasteiger partial charge in [-0.15, -0.1) is 0 Å². The lowest BCUT2D eigenvalue weighted by Crippen LogP contribution is -2.66. The molecule has 244 valence electrons. The van der Waals surface area contributed by atoms with Gasteiger partial charge in [-0.05, 0) is 48.5 Å². The highest BCUT2D eigenvalue weighted by Crippen LogP contribution is 2.50. The van der Waals surface area contributed by atoms with E-state index in [0.717, 1.165) is 26.1 Å². The normalized spacial score (nSPS) is 22.6. The summed E-state index contributed by atoms with van der Waals surface area (Å²) in [5.74, 6) is -4.26. The predicted octanol–water partition coefficient (Wildman–Crippen LogP) is 4.87. The summed E-state index contributed by atoms with van der Waals surface area (Å²) in [6.45, 7) is 7.56. The van der Waals surface area contributed by atoms with Gasteiger partial charge < -0.3 is 20.4 Å². The molecule has 2 aliphatic carbocycles. The molecule has 0 radical (unpaired) electrons. The molecule has 1 aromatic carbocycles. The smallest absolute Gasteiger partial charge is 0.475 e. The van der Waals surface area contributed by atoms with E-state index in [2.05, 4.69) is 60.5 Å². The number of hydrogen-bond donors (Lipinski definition) is 3. The number of carboxylic acids is 2. The second kappa shape index (κ2) is 14.4. The maximum Gasteiger partial charge on any atom is 0.490 e. The maximum atomic E-state index is 11.4. The first-order valence-corrected chi connectivity index (χ1v) is 15.7. The Morgan fingerprint density at radius 1 is 1.05 bits per heavy atom. The Morgan fingerprint density at radius 3 is 1.95 bits per heavy atom. The molecule has 1 spiro atoms. The van der Waals surface area contributed by atoms with Gasteiger partial charge in [-0.3, -0.25) is 0 Å². The molecule has 0 aromatic heterocycles. The third kappa shape index (κ3) is 12.5. The van der Waals surface area contributed by atoms with Crippen LogP contribution in [0.25, 0.3) is 6.08 Å². The molecule has 1 unspecified atom stereocenters. The van der Waals surface area contributed by atoms with E-state index in [9.17, 15) is 34.8 Å². The largest absolute Gasteiger partial charge is 0.490 e. The molecule has 0 amide bonds. The molecule has 8 nitrogen and oxygen atoms in total. The number of likely N-dealkylation sites (tertiary alicyclic amines) is 1. The fourth-order valence-corrected chi connectivity index (χ4v) is 6.87. The molecule has 2 saturated carbocycles. The number of aliphatic carboxylic acids is 2. The van der Waals surface area contributed by atoms with Crippen molar-refractivity contribution >= 4 is 27.9 Å². The summed E-state index contributed by atoms with van der Waals surface area (Å²) in [7, 11) is -2.86. The Hall–Kier alpha value is -2.65. The van der Waals surface area contributed by atoms with Gasteiger partial charge in [0.15, 0.2) is 0 Å². The number of nitrogens with zero attached hydrogens (tertiary/aromatic N) is 1. The van der Waals surface area contributed by atoms with Crippen molar-refractivity contribution in [1.82, 2.24) is 10.2 Å². The second-order valence-corrected chi connectivity index (χ2v) is 13.9. The molecule has 15 heteroatoms. The van der Waals surface area contributed by atoms with Crippen molar-refractivity contribution in [2.24, 2.45) is 17.3 Å².